The molecule has 0 aromatic heterocycles. The smallest absolute Gasteiger partial charge is 0.254 e. The molecule has 110 valence electrons. The molecule has 1 aromatic rings. The van der Waals surface area contributed by atoms with E-state index in [2.05, 4.69) is 5.43 Å². The van der Waals surface area contributed by atoms with Crippen molar-refractivity contribution in [1.82, 2.24) is 4.90 Å². The summed E-state index contributed by atoms with van der Waals surface area (Å²) in [6, 6.07) is 5.46. The van der Waals surface area contributed by atoms with Crippen LogP contribution in [0.4, 0.5) is 5.69 Å². The highest BCUT2D eigenvalue weighted by Gasteiger charge is 2.27. The molecule has 1 aliphatic heterocycles. The second kappa shape index (κ2) is 5.81. The molecule has 1 aromatic carbocycles. The molecular weight excluding hydrogens is 254 g/mol. The number of aryl methyl sites for hydroxylation is 1. The third-order valence-electron chi connectivity index (χ3n) is 3.97. The summed E-state index contributed by atoms with van der Waals surface area (Å²) >= 11 is 0. The molecule has 0 aliphatic carbocycles. The molecule has 0 saturated carbocycles. The zero-order chi connectivity index (χ0) is 14.8. The Labute approximate surface area is 119 Å². The first-order valence-corrected chi connectivity index (χ1v) is 7.02. The van der Waals surface area contributed by atoms with Crippen molar-refractivity contribution in [3.05, 3.63) is 29.3 Å². The fraction of sp³-hybridized carbons (Fsp3) is 0.533. The number of nitrogens with one attached hydrogen (secondary N) is 1. The van der Waals surface area contributed by atoms with Crippen molar-refractivity contribution in [1.29, 1.82) is 0 Å². The fourth-order valence-corrected chi connectivity index (χ4v) is 2.63. The van der Waals surface area contributed by atoms with Crippen LogP contribution in [0.25, 0.3) is 0 Å². The Kier molecular flexibility index (Phi) is 4.30. The van der Waals surface area contributed by atoms with E-state index in [1.807, 2.05) is 24.8 Å². The van der Waals surface area contributed by atoms with Gasteiger partial charge in [0.2, 0.25) is 0 Å². The molecule has 1 unspecified atom stereocenters. The van der Waals surface area contributed by atoms with E-state index in [-0.39, 0.29) is 5.91 Å². The lowest BCUT2D eigenvalue weighted by molar-refractivity contribution is 0.0438. The Morgan fingerprint density at radius 3 is 2.80 bits per heavy atom. The summed E-state index contributed by atoms with van der Waals surface area (Å²) in [4.78, 5) is 14.4. The number of hydrogen-bond acceptors (Lipinski definition) is 4. The van der Waals surface area contributed by atoms with Gasteiger partial charge in [-0.05, 0) is 56.9 Å². The van der Waals surface area contributed by atoms with Crippen molar-refractivity contribution in [3.8, 4) is 0 Å². The second-order valence-corrected chi connectivity index (χ2v) is 5.82. The van der Waals surface area contributed by atoms with E-state index < -0.39 is 5.60 Å². The SMILES string of the molecule is Cc1cc(NN)ccc1C(=O)N1CCCC(C)(O)CC1. The van der Waals surface area contributed by atoms with Crippen LogP contribution in [-0.4, -0.2) is 34.6 Å². The molecule has 20 heavy (non-hydrogen) atoms. The number of rotatable bonds is 2. The van der Waals surface area contributed by atoms with E-state index in [0.717, 1.165) is 24.1 Å². The minimum atomic E-state index is -0.655. The Balaban J connectivity index is 2.15. The normalized spacial score (nSPS) is 23.3. The van der Waals surface area contributed by atoms with Crippen LogP contribution in [0.2, 0.25) is 0 Å². The molecule has 5 nitrogen and oxygen atoms in total. The monoisotopic (exact) mass is 277 g/mol. The number of carbonyl (C=O) groups excluding carboxylic acids is 1. The number of benzene rings is 1. The Bertz CT molecular complexity index is 500. The molecule has 2 rings (SSSR count). The topological polar surface area (TPSA) is 78.6 Å². The third kappa shape index (κ3) is 3.29. The third-order valence-corrected chi connectivity index (χ3v) is 3.97. The number of aliphatic hydroxyl groups is 1. The Morgan fingerprint density at radius 2 is 2.15 bits per heavy atom. The van der Waals surface area contributed by atoms with Crippen LogP contribution in [0.3, 0.4) is 0 Å². The summed E-state index contributed by atoms with van der Waals surface area (Å²) in [6.07, 6.45) is 2.20. The van der Waals surface area contributed by atoms with Crippen LogP contribution in [0, 0.1) is 6.92 Å². The van der Waals surface area contributed by atoms with Crippen molar-refractivity contribution in [2.75, 3.05) is 18.5 Å². The summed E-state index contributed by atoms with van der Waals surface area (Å²) < 4.78 is 0. The first-order valence-electron chi connectivity index (χ1n) is 7.02. The van der Waals surface area contributed by atoms with Gasteiger partial charge in [0.15, 0.2) is 0 Å². The van der Waals surface area contributed by atoms with Gasteiger partial charge in [-0.2, -0.15) is 0 Å². The van der Waals surface area contributed by atoms with Crippen LogP contribution in [-0.2, 0) is 0 Å². The fourth-order valence-electron chi connectivity index (χ4n) is 2.63. The average molecular weight is 277 g/mol. The van der Waals surface area contributed by atoms with Crippen LogP contribution in [0.1, 0.15) is 42.1 Å². The zero-order valence-electron chi connectivity index (χ0n) is 12.1. The van der Waals surface area contributed by atoms with Gasteiger partial charge in [0.1, 0.15) is 0 Å². The van der Waals surface area contributed by atoms with Gasteiger partial charge in [0.25, 0.3) is 5.91 Å². The minimum Gasteiger partial charge on any atom is -0.390 e. The van der Waals surface area contributed by atoms with Crippen LogP contribution in [0.5, 0.6) is 0 Å². The number of carbonyl (C=O) groups is 1. The average Bonchev–Trinajstić information content (AvgIpc) is 2.59. The van der Waals surface area contributed by atoms with Gasteiger partial charge in [0, 0.05) is 24.3 Å². The van der Waals surface area contributed by atoms with E-state index >= 15 is 0 Å². The minimum absolute atomic E-state index is 0.0313. The standard InChI is InChI=1S/C15H23N3O2/c1-11-10-12(17-16)4-5-13(11)14(19)18-8-3-6-15(2,20)7-9-18/h4-5,10,17,20H,3,6-9,16H2,1-2H3. The number of nitrogens with zero attached hydrogens (tertiary/aromatic N) is 1. The lowest BCUT2D eigenvalue weighted by atomic mass is 9.98. The first kappa shape index (κ1) is 14.8. The number of hydrazine groups is 1. The van der Waals surface area contributed by atoms with Gasteiger partial charge in [-0.3, -0.25) is 10.6 Å². The molecule has 5 heteroatoms. The van der Waals surface area contributed by atoms with Crippen molar-refractivity contribution >= 4 is 11.6 Å². The van der Waals surface area contributed by atoms with Crippen molar-refractivity contribution in [2.45, 2.75) is 38.7 Å². The van der Waals surface area contributed by atoms with Crippen LogP contribution in [0.15, 0.2) is 18.2 Å². The summed E-state index contributed by atoms with van der Waals surface area (Å²) in [7, 11) is 0. The first-order chi connectivity index (χ1) is 9.43. The van der Waals surface area contributed by atoms with Gasteiger partial charge in [-0.15, -0.1) is 0 Å². The van der Waals surface area contributed by atoms with Gasteiger partial charge in [-0.1, -0.05) is 0 Å². The summed E-state index contributed by atoms with van der Waals surface area (Å²) in [5.74, 6) is 5.40. The van der Waals surface area contributed by atoms with E-state index in [9.17, 15) is 9.90 Å². The molecule has 1 aliphatic rings. The van der Waals surface area contributed by atoms with Gasteiger partial charge < -0.3 is 15.4 Å². The second-order valence-electron chi connectivity index (χ2n) is 5.82. The number of nitrogens with two attached hydrogens (primary N) is 1. The highest BCUT2D eigenvalue weighted by Crippen LogP contribution is 2.23. The van der Waals surface area contributed by atoms with Crippen LogP contribution >= 0.6 is 0 Å². The molecular formula is C15H23N3O2. The quantitative estimate of drug-likeness (QED) is 0.567. The van der Waals surface area contributed by atoms with Crippen LogP contribution < -0.4 is 11.3 Å². The lowest BCUT2D eigenvalue weighted by Gasteiger charge is -2.23. The van der Waals surface area contributed by atoms with Crippen molar-refractivity contribution in [3.63, 3.8) is 0 Å². The van der Waals surface area contributed by atoms with Crippen molar-refractivity contribution in [2.24, 2.45) is 5.84 Å². The number of hydrogen-bond donors (Lipinski definition) is 3. The molecule has 0 radical (unpaired) electrons. The molecule has 0 bridgehead atoms. The number of nitrogen functional groups attached to an aromatic ring is 1. The highest BCUT2D eigenvalue weighted by atomic mass is 16.3. The molecule has 4 N–H and O–H groups in total. The predicted molar refractivity (Wildman–Crippen MR) is 79.4 cm³/mol. The predicted octanol–water partition coefficient (Wildman–Crippen LogP) is 1.66. The van der Waals surface area contributed by atoms with E-state index in [1.54, 1.807) is 12.1 Å². The maximum Gasteiger partial charge on any atom is 0.254 e. The number of likely N-dealkylation sites (tertiary alicyclic amines) is 1. The Hall–Kier alpha value is -1.59. The van der Waals surface area contributed by atoms with E-state index in [1.165, 1.54) is 0 Å². The zero-order valence-corrected chi connectivity index (χ0v) is 12.1. The van der Waals surface area contributed by atoms with Crippen molar-refractivity contribution < 1.29 is 9.90 Å². The summed E-state index contributed by atoms with van der Waals surface area (Å²) in [5, 5.41) is 10.1. The highest BCUT2D eigenvalue weighted by molar-refractivity contribution is 5.96. The lowest BCUT2D eigenvalue weighted by Crippen LogP contribution is -2.33. The molecule has 1 heterocycles. The molecule has 1 amide bonds. The summed E-state index contributed by atoms with van der Waals surface area (Å²) in [5.41, 5.74) is 4.31. The molecule has 1 atom stereocenters. The number of anilines is 1. The molecule has 0 spiro atoms. The summed E-state index contributed by atoms with van der Waals surface area (Å²) in [6.45, 7) is 5.05. The molecule has 1 fully saturated rings. The maximum absolute atomic E-state index is 12.6. The van der Waals surface area contributed by atoms with E-state index in [4.69, 9.17) is 5.84 Å². The van der Waals surface area contributed by atoms with Gasteiger partial charge >= 0.3 is 0 Å². The van der Waals surface area contributed by atoms with E-state index in [0.29, 0.717) is 25.1 Å². The van der Waals surface area contributed by atoms with Gasteiger partial charge in [-0.25, -0.2) is 0 Å². The largest absolute Gasteiger partial charge is 0.390 e. The number of amides is 1. The molecule has 1 saturated heterocycles. The van der Waals surface area contributed by atoms with Gasteiger partial charge in [0.05, 0.1) is 5.60 Å². The maximum atomic E-state index is 12.6. The Morgan fingerprint density at radius 1 is 1.40 bits per heavy atom.